The summed E-state index contributed by atoms with van der Waals surface area (Å²) < 4.78 is 79.0. The second-order valence-electron chi connectivity index (χ2n) is 9.56. The minimum absolute atomic E-state index is 0.00606. The van der Waals surface area contributed by atoms with Crippen molar-refractivity contribution in [3.05, 3.63) is 76.1 Å². The van der Waals surface area contributed by atoms with Crippen LogP contribution in [0.1, 0.15) is 39.9 Å². The summed E-state index contributed by atoms with van der Waals surface area (Å²) in [7, 11) is -3.71. The van der Waals surface area contributed by atoms with Gasteiger partial charge in [0.05, 0.1) is 11.8 Å². The molecule has 0 saturated carbocycles. The predicted octanol–water partition coefficient (Wildman–Crippen LogP) is 2.66. The van der Waals surface area contributed by atoms with E-state index in [1.807, 2.05) is 10.6 Å². The average molecular weight is 597 g/mol. The Hall–Kier alpha value is -4.11. The Morgan fingerprint density at radius 3 is 2.12 bits per heavy atom. The molecule has 10 nitrogen and oxygen atoms in total. The number of hydrogen-bond acceptors (Lipinski definition) is 6. The van der Waals surface area contributed by atoms with Gasteiger partial charge in [0.1, 0.15) is 11.4 Å². The van der Waals surface area contributed by atoms with Gasteiger partial charge in [-0.3, -0.25) is 25.0 Å². The van der Waals surface area contributed by atoms with E-state index in [0.29, 0.717) is 23.3 Å². The number of hydrogen-bond donors (Lipinski definition) is 2. The molecule has 0 unspecified atom stereocenters. The minimum Gasteiger partial charge on any atom is -0.339 e. The molecule has 0 radical (unpaired) electrons. The molecule has 2 heterocycles. The number of barbiturate groups is 1. The molecule has 41 heavy (non-hydrogen) atoms. The number of carbonyl (C=O) groups is 4. The number of urea groups is 1. The predicted molar refractivity (Wildman–Crippen MR) is 137 cm³/mol. The first-order valence-corrected chi connectivity index (χ1v) is 14.1. The van der Waals surface area contributed by atoms with E-state index in [0.717, 1.165) is 12.3 Å². The van der Waals surface area contributed by atoms with Crippen LogP contribution in [-0.2, 0) is 32.3 Å². The summed E-state index contributed by atoms with van der Waals surface area (Å²) in [6.07, 6.45) is -2.06. The molecule has 2 aromatic rings. The summed E-state index contributed by atoms with van der Waals surface area (Å²) in [5.41, 5.74) is -0.915. The Morgan fingerprint density at radius 1 is 1.02 bits per heavy atom. The molecule has 2 aliphatic heterocycles. The number of halogens is 4. The zero-order chi connectivity index (χ0) is 30.1. The van der Waals surface area contributed by atoms with E-state index < -0.39 is 57.4 Å². The fraction of sp³-hybridized carbons (Fsp3) is 0.308. The molecule has 0 spiro atoms. The Balaban J connectivity index is 1.42. The first kappa shape index (κ1) is 29.9. The Morgan fingerprint density at radius 2 is 1.61 bits per heavy atom. The van der Waals surface area contributed by atoms with Gasteiger partial charge in [-0.25, -0.2) is 17.6 Å². The molecule has 2 aromatic carbocycles. The van der Waals surface area contributed by atoms with Crippen molar-refractivity contribution in [2.45, 2.75) is 31.6 Å². The number of rotatable bonds is 6. The van der Waals surface area contributed by atoms with Crippen molar-refractivity contribution in [1.29, 1.82) is 0 Å². The molecule has 2 saturated heterocycles. The van der Waals surface area contributed by atoms with E-state index in [1.165, 1.54) is 15.3 Å². The molecule has 2 aliphatic rings. The van der Waals surface area contributed by atoms with Crippen molar-refractivity contribution in [1.82, 2.24) is 19.8 Å². The van der Waals surface area contributed by atoms with Crippen LogP contribution in [0.2, 0.25) is 0 Å². The Bertz CT molecular complexity index is 1510. The van der Waals surface area contributed by atoms with Crippen LogP contribution in [0.15, 0.2) is 48.0 Å². The van der Waals surface area contributed by atoms with Crippen molar-refractivity contribution in [2.24, 2.45) is 0 Å². The third-order valence-corrected chi connectivity index (χ3v) is 7.96. The largest absolute Gasteiger partial charge is 0.419 e. The molecule has 5 amide bonds. The van der Waals surface area contributed by atoms with Crippen LogP contribution in [0.4, 0.5) is 22.4 Å². The third-order valence-electron chi connectivity index (χ3n) is 6.68. The number of sulfonamides is 1. The highest BCUT2D eigenvalue weighted by molar-refractivity contribution is 7.88. The van der Waals surface area contributed by atoms with Gasteiger partial charge >= 0.3 is 12.2 Å². The second kappa shape index (κ2) is 11.4. The number of nitrogens with one attached hydrogen (secondary N) is 2. The van der Waals surface area contributed by atoms with Gasteiger partial charge in [-0.2, -0.15) is 17.5 Å². The number of piperidine rings is 1. The lowest BCUT2D eigenvalue weighted by atomic mass is 10.0. The number of alkyl halides is 3. The number of amides is 5. The molecule has 0 bridgehead atoms. The lowest BCUT2D eigenvalue weighted by Crippen LogP contribution is -2.51. The fourth-order valence-electron chi connectivity index (χ4n) is 4.61. The van der Waals surface area contributed by atoms with Crippen molar-refractivity contribution < 1.29 is 45.2 Å². The van der Waals surface area contributed by atoms with Gasteiger partial charge < -0.3 is 4.90 Å². The molecule has 0 atom stereocenters. The van der Waals surface area contributed by atoms with E-state index in [4.69, 9.17) is 0 Å². The maximum Gasteiger partial charge on any atom is 0.419 e. The van der Waals surface area contributed by atoms with Crippen LogP contribution < -0.4 is 10.6 Å². The highest BCUT2D eigenvalue weighted by Crippen LogP contribution is 2.32. The molecular weight excluding hydrogens is 572 g/mol. The summed E-state index contributed by atoms with van der Waals surface area (Å²) in [6.45, 7) is 0.211. The van der Waals surface area contributed by atoms with Gasteiger partial charge in [0, 0.05) is 31.2 Å². The number of nitrogens with zero attached hydrogens (tertiary/aromatic N) is 2. The van der Waals surface area contributed by atoms with Crippen molar-refractivity contribution >= 4 is 39.9 Å². The summed E-state index contributed by atoms with van der Waals surface area (Å²) in [4.78, 5) is 49.1. The molecule has 218 valence electrons. The normalized spacial score (nSPS) is 17.0. The lowest BCUT2D eigenvalue weighted by molar-refractivity contribution is -0.140. The number of likely N-dealkylation sites (tertiary alicyclic amines) is 1. The third kappa shape index (κ3) is 6.97. The van der Waals surface area contributed by atoms with Crippen LogP contribution in [0.5, 0.6) is 0 Å². The molecule has 0 aliphatic carbocycles. The summed E-state index contributed by atoms with van der Waals surface area (Å²) >= 11 is 0. The zero-order valence-corrected chi connectivity index (χ0v) is 22.3. The van der Waals surface area contributed by atoms with E-state index >= 15 is 0 Å². The maximum absolute atomic E-state index is 14.0. The Labute approximate surface area is 232 Å². The van der Waals surface area contributed by atoms with Gasteiger partial charge in [0.15, 0.2) is 0 Å². The fourth-order valence-corrected chi connectivity index (χ4v) is 5.74. The first-order chi connectivity index (χ1) is 19.1. The number of imide groups is 2. The van der Waals surface area contributed by atoms with E-state index in [2.05, 4.69) is 0 Å². The minimum atomic E-state index is -4.89. The zero-order valence-electron chi connectivity index (χ0n) is 21.5. The molecule has 2 fully saturated rings. The monoisotopic (exact) mass is 596 g/mol. The second-order valence-corrected chi connectivity index (χ2v) is 11.5. The number of carbonyl (C=O) groups excluding carboxylic acids is 4. The van der Waals surface area contributed by atoms with Crippen LogP contribution in [0.25, 0.3) is 6.08 Å². The molecule has 4 rings (SSSR count). The highest BCUT2D eigenvalue weighted by atomic mass is 32.2. The maximum atomic E-state index is 14.0. The van der Waals surface area contributed by atoms with Crippen LogP contribution in [0, 0.1) is 5.82 Å². The SMILES string of the molecule is CS(=O)(=O)N(Cc1ccc(C=C2C(=O)NC(=O)NC2=O)cc1)C1CCN(C(=O)c2ccc(C(F)(F)F)c(F)c2)CC1. The first-order valence-electron chi connectivity index (χ1n) is 12.2. The smallest absolute Gasteiger partial charge is 0.339 e. The van der Waals surface area contributed by atoms with E-state index in [9.17, 15) is 45.2 Å². The standard InChI is InChI=1S/C26H24F4N4O6S/c1-41(39,40)34(14-16-4-2-15(3-5-16)12-19-22(35)31-25(38)32-23(19)36)18-8-10-33(11-9-18)24(37)17-6-7-20(21(27)13-17)26(28,29)30/h2-7,12-13,18H,8-11,14H2,1H3,(H2,31,32,35,36,38). The quantitative estimate of drug-likeness (QED) is 0.299. The number of benzene rings is 2. The van der Waals surface area contributed by atoms with Crippen molar-refractivity contribution in [2.75, 3.05) is 19.3 Å². The van der Waals surface area contributed by atoms with E-state index in [-0.39, 0.29) is 43.6 Å². The van der Waals surface area contributed by atoms with Gasteiger partial charge in [-0.05, 0) is 48.2 Å². The van der Waals surface area contributed by atoms with Gasteiger partial charge in [-0.1, -0.05) is 24.3 Å². The molecule has 0 aromatic heterocycles. The average Bonchev–Trinajstić information content (AvgIpc) is 2.88. The summed E-state index contributed by atoms with van der Waals surface area (Å²) in [5.74, 6) is -3.90. The Kier molecular flexibility index (Phi) is 8.31. The molecule has 2 N–H and O–H groups in total. The van der Waals surface area contributed by atoms with Gasteiger partial charge in [-0.15, -0.1) is 0 Å². The van der Waals surface area contributed by atoms with E-state index in [1.54, 1.807) is 24.3 Å². The molecule has 15 heteroatoms. The lowest BCUT2D eigenvalue weighted by Gasteiger charge is -2.37. The van der Waals surface area contributed by atoms with Crippen LogP contribution in [-0.4, -0.2) is 66.8 Å². The summed E-state index contributed by atoms with van der Waals surface area (Å²) in [6, 6.07) is 6.96. The highest BCUT2D eigenvalue weighted by Gasteiger charge is 2.36. The van der Waals surface area contributed by atoms with Crippen LogP contribution in [0.3, 0.4) is 0 Å². The summed E-state index contributed by atoms with van der Waals surface area (Å²) in [5, 5.41) is 3.93. The van der Waals surface area contributed by atoms with Gasteiger partial charge in [0.2, 0.25) is 10.0 Å². The van der Waals surface area contributed by atoms with Crippen molar-refractivity contribution in [3.63, 3.8) is 0 Å². The topological polar surface area (TPSA) is 133 Å². The van der Waals surface area contributed by atoms with Gasteiger partial charge in [0.25, 0.3) is 17.7 Å². The van der Waals surface area contributed by atoms with Crippen molar-refractivity contribution in [3.8, 4) is 0 Å². The molecular formula is C26H24F4N4O6S. The van der Waals surface area contributed by atoms with Crippen LogP contribution >= 0.6 is 0 Å².